The number of hydrogen-bond donors (Lipinski definition) is 0. The molecule has 0 aliphatic heterocycles. The van der Waals surface area contributed by atoms with Crippen molar-refractivity contribution in [3.05, 3.63) is 33.6 Å². The van der Waals surface area contributed by atoms with Crippen LogP contribution in [0.3, 0.4) is 0 Å². The number of aromatic nitrogens is 2. The summed E-state index contributed by atoms with van der Waals surface area (Å²) >= 11 is 3.51. The second-order valence-corrected chi connectivity index (χ2v) is 5.11. The summed E-state index contributed by atoms with van der Waals surface area (Å²) in [5, 5.41) is 3.90. The highest BCUT2D eigenvalue weighted by molar-refractivity contribution is 9.10. The van der Waals surface area contributed by atoms with Gasteiger partial charge in [0, 0.05) is 10.0 Å². The molecule has 0 fully saturated rings. The van der Waals surface area contributed by atoms with E-state index in [1.54, 1.807) is 0 Å². The van der Waals surface area contributed by atoms with Crippen molar-refractivity contribution < 1.29 is 9.32 Å². The molecule has 0 spiro atoms. The van der Waals surface area contributed by atoms with Crippen LogP contribution in [0.4, 0.5) is 0 Å². The second-order valence-electron chi connectivity index (χ2n) is 4.31. The van der Waals surface area contributed by atoms with Crippen molar-refractivity contribution >= 4 is 21.7 Å². The van der Waals surface area contributed by atoms with Gasteiger partial charge in [-0.25, -0.2) is 0 Å². The number of hydrogen-bond acceptors (Lipinski definition) is 4. The first kappa shape index (κ1) is 13.0. The van der Waals surface area contributed by atoms with Gasteiger partial charge in [-0.2, -0.15) is 4.98 Å². The van der Waals surface area contributed by atoms with E-state index in [0.29, 0.717) is 11.7 Å². The summed E-state index contributed by atoms with van der Waals surface area (Å²) < 4.78 is 6.13. The van der Waals surface area contributed by atoms with E-state index in [2.05, 4.69) is 26.1 Å². The van der Waals surface area contributed by atoms with Gasteiger partial charge >= 0.3 is 0 Å². The molecule has 0 aliphatic carbocycles. The highest BCUT2D eigenvalue weighted by Gasteiger charge is 2.12. The van der Waals surface area contributed by atoms with Crippen LogP contribution in [0.15, 0.2) is 21.1 Å². The fraction of sp³-hybridized carbons (Fsp3) is 0.308. The number of ketones is 1. The molecule has 5 heteroatoms. The first-order valence-corrected chi connectivity index (χ1v) is 6.36. The van der Waals surface area contributed by atoms with Crippen LogP contribution in [0.25, 0.3) is 11.4 Å². The van der Waals surface area contributed by atoms with E-state index in [1.807, 2.05) is 26.0 Å². The number of carbonyl (C=O) groups is 1. The van der Waals surface area contributed by atoms with Crippen LogP contribution < -0.4 is 0 Å². The van der Waals surface area contributed by atoms with Crippen molar-refractivity contribution in [1.29, 1.82) is 0 Å². The maximum atomic E-state index is 11.0. The van der Waals surface area contributed by atoms with Crippen molar-refractivity contribution in [2.24, 2.45) is 0 Å². The largest absolute Gasteiger partial charge is 0.339 e. The average molecular weight is 309 g/mol. The van der Waals surface area contributed by atoms with Gasteiger partial charge in [-0.05, 0) is 44.0 Å². The summed E-state index contributed by atoms with van der Waals surface area (Å²) in [5.41, 5.74) is 3.12. The molecule has 0 bridgehead atoms. The van der Waals surface area contributed by atoms with Gasteiger partial charge in [0.15, 0.2) is 0 Å². The van der Waals surface area contributed by atoms with Crippen molar-refractivity contribution in [3.8, 4) is 11.4 Å². The standard InChI is InChI=1S/C13H13BrN2O2/c1-7-4-10(5-8(2)12(7)14)13-15-11(18-16-13)6-9(3)17/h4-5H,6H2,1-3H3. The number of halogens is 1. The molecule has 1 aromatic heterocycles. The Kier molecular flexibility index (Phi) is 3.61. The second kappa shape index (κ2) is 5.02. The SMILES string of the molecule is CC(=O)Cc1nc(-c2cc(C)c(Br)c(C)c2)no1. The van der Waals surface area contributed by atoms with Crippen LogP contribution in [-0.4, -0.2) is 15.9 Å². The monoisotopic (exact) mass is 308 g/mol. The van der Waals surface area contributed by atoms with Gasteiger partial charge < -0.3 is 4.52 Å². The van der Waals surface area contributed by atoms with Gasteiger partial charge in [-0.1, -0.05) is 21.1 Å². The Morgan fingerprint density at radius 3 is 2.50 bits per heavy atom. The zero-order chi connectivity index (χ0) is 13.3. The Morgan fingerprint density at radius 2 is 1.94 bits per heavy atom. The molecule has 0 radical (unpaired) electrons. The predicted octanol–water partition coefficient (Wildman–Crippen LogP) is 3.25. The zero-order valence-corrected chi connectivity index (χ0v) is 12.0. The van der Waals surface area contributed by atoms with Gasteiger partial charge in [-0.15, -0.1) is 0 Å². The van der Waals surface area contributed by atoms with Crippen LogP contribution in [0, 0.1) is 13.8 Å². The van der Waals surface area contributed by atoms with Crippen molar-refractivity contribution in [2.75, 3.05) is 0 Å². The smallest absolute Gasteiger partial charge is 0.234 e. The molecule has 1 heterocycles. The Labute approximate surface area is 114 Å². The van der Waals surface area contributed by atoms with Gasteiger partial charge in [0.1, 0.15) is 5.78 Å². The maximum absolute atomic E-state index is 11.0. The summed E-state index contributed by atoms with van der Waals surface area (Å²) in [7, 11) is 0. The normalized spacial score (nSPS) is 10.7. The van der Waals surface area contributed by atoms with E-state index >= 15 is 0 Å². The first-order valence-electron chi connectivity index (χ1n) is 5.56. The van der Waals surface area contributed by atoms with E-state index in [-0.39, 0.29) is 12.2 Å². The van der Waals surface area contributed by atoms with Crippen molar-refractivity contribution in [1.82, 2.24) is 10.1 Å². The van der Waals surface area contributed by atoms with Crippen LogP contribution in [0.1, 0.15) is 23.9 Å². The fourth-order valence-corrected chi connectivity index (χ4v) is 1.96. The Bertz CT molecular complexity index is 582. The van der Waals surface area contributed by atoms with Crippen LogP contribution >= 0.6 is 15.9 Å². The number of rotatable bonds is 3. The van der Waals surface area contributed by atoms with Gasteiger partial charge in [-0.3, -0.25) is 4.79 Å². The number of aryl methyl sites for hydroxylation is 2. The maximum Gasteiger partial charge on any atom is 0.234 e. The minimum atomic E-state index is 0.00775. The summed E-state index contributed by atoms with van der Waals surface area (Å²) in [6.45, 7) is 5.52. The molecule has 18 heavy (non-hydrogen) atoms. The van der Waals surface area contributed by atoms with Gasteiger partial charge in [0.2, 0.25) is 11.7 Å². The fourth-order valence-electron chi connectivity index (χ4n) is 1.73. The van der Waals surface area contributed by atoms with E-state index in [9.17, 15) is 4.79 Å². The summed E-state index contributed by atoms with van der Waals surface area (Å²) in [6.07, 6.45) is 0.182. The summed E-state index contributed by atoms with van der Waals surface area (Å²) in [5.74, 6) is 0.883. The molecule has 2 rings (SSSR count). The molecule has 4 nitrogen and oxygen atoms in total. The Balaban J connectivity index is 2.37. The molecule has 0 N–H and O–H groups in total. The zero-order valence-electron chi connectivity index (χ0n) is 10.5. The molecule has 94 valence electrons. The lowest BCUT2D eigenvalue weighted by molar-refractivity contribution is -0.116. The molecule has 0 saturated heterocycles. The Hall–Kier alpha value is -1.49. The first-order chi connectivity index (χ1) is 8.47. The molecule has 2 aromatic rings. The van der Waals surface area contributed by atoms with E-state index < -0.39 is 0 Å². The van der Waals surface area contributed by atoms with Crippen LogP contribution in [0.2, 0.25) is 0 Å². The van der Waals surface area contributed by atoms with Crippen LogP contribution in [-0.2, 0) is 11.2 Å². The molecule has 0 saturated carbocycles. The summed E-state index contributed by atoms with van der Waals surface area (Å²) in [6, 6.07) is 3.97. The molecular formula is C13H13BrN2O2. The van der Waals surface area contributed by atoms with E-state index in [4.69, 9.17) is 4.52 Å². The molecule has 0 unspecified atom stereocenters. The number of nitrogens with zero attached hydrogens (tertiary/aromatic N) is 2. The topological polar surface area (TPSA) is 56.0 Å². The molecule has 0 aliphatic rings. The lowest BCUT2D eigenvalue weighted by Crippen LogP contribution is -1.96. The minimum absolute atomic E-state index is 0.00775. The van der Waals surface area contributed by atoms with Gasteiger partial charge in [0.05, 0.1) is 6.42 Å². The van der Waals surface area contributed by atoms with E-state index in [1.165, 1.54) is 6.92 Å². The third kappa shape index (κ3) is 2.67. The predicted molar refractivity (Wildman–Crippen MR) is 71.3 cm³/mol. The van der Waals surface area contributed by atoms with E-state index in [0.717, 1.165) is 21.2 Å². The number of benzene rings is 1. The molecule has 0 atom stereocenters. The lowest BCUT2D eigenvalue weighted by atomic mass is 10.1. The molecule has 0 amide bonds. The number of Topliss-reactive ketones (excluding diaryl/α,β-unsaturated/α-hetero) is 1. The summed E-state index contributed by atoms with van der Waals surface area (Å²) in [4.78, 5) is 15.2. The molecular weight excluding hydrogens is 296 g/mol. The number of carbonyl (C=O) groups excluding carboxylic acids is 1. The Morgan fingerprint density at radius 1 is 1.33 bits per heavy atom. The third-order valence-corrected chi connectivity index (χ3v) is 3.81. The quantitative estimate of drug-likeness (QED) is 0.873. The highest BCUT2D eigenvalue weighted by atomic mass is 79.9. The van der Waals surface area contributed by atoms with Crippen molar-refractivity contribution in [3.63, 3.8) is 0 Å². The highest BCUT2D eigenvalue weighted by Crippen LogP contribution is 2.27. The molecule has 1 aromatic carbocycles. The van der Waals surface area contributed by atoms with Gasteiger partial charge in [0.25, 0.3) is 0 Å². The minimum Gasteiger partial charge on any atom is -0.339 e. The third-order valence-electron chi connectivity index (χ3n) is 2.56. The average Bonchev–Trinajstić information content (AvgIpc) is 2.72. The van der Waals surface area contributed by atoms with Crippen molar-refractivity contribution in [2.45, 2.75) is 27.2 Å². The van der Waals surface area contributed by atoms with Crippen LogP contribution in [0.5, 0.6) is 0 Å². The lowest BCUT2D eigenvalue weighted by Gasteiger charge is -2.04.